The molecule has 5 nitrogen and oxygen atoms in total. The summed E-state index contributed by atoms with van der Waals surface area (Å²) in [5.41, 5.74) is -0.439. The van der Waals surface area contributed by atoms with Gasteiger partial charge in [0, 0.05) is 6.42 Å². The van der Waals surface area contributed by atoms with Gasteiger partial charge in [0.15, 0.2) is 6.10 Å². The van der Waals surface area contributed by atoms with E-state index in [1.807, 2.05) is 24.3 Å². The molecule has 2 aromatic carbocycles. The zero-order chi connectivity index (χ0) is 21.7. The second-order valence-corrected chi connectivity index (χ2v) is 7.71. The lowest BCUT2D eigenvalue weighted by molar-refractivity contribution is -0.153. The maximum absolute atomic E-state index is 13.0. The van der Waals surface area contributed by atoms with E-state index >= 15 is 0 Å². The number of halogens is 3. The number of hydrogen-bond donors (Lipinski definition) is 1. The number of ether oxygens (including phenoxy) is 1. The Labute approximate surface area is 174 Å². The van der Waals surface area contributed by atoms with Crippen molar-refractivity contribution in [1.82, 2.24) is 4.98 Å². The van der Waals surface area contributed by atoms with Crippen LogP contribution >= 0.6 is 11.3 Å². The number of alkyl halides is 3. The third kappa shape index (κ3) is 5.56. The lowest BCUT2D eigenvalue weighted by Gasteiger charge is -2.16. The molecule has 1 heterocycles. The van der Waals surface area contributed by atoms with Crippen molar-refractivity contribution in [1.29, 1.82) is 0 Å². The van der Waals surface area contributed by atoms with E-state index in [0.29, 0.717) is 12.8 Å². The number of carbonyl (C=O) groups is 2. The molecule has 1 amide bonds. The van der Waals surface area contributed by atoms with E-state index in [4.69, 9.17) is 4.74 Å². The van der Waals surface area contributed by atoms with Gasteiger partial charge in [0.25, 0.3) is 5.91 Å². The van der Waals surface area contributed by atoms with Crippen molar-refractivity contribution in [3.8, 4) is 0 Å². The van der Waals surface area contributed by atoms with E-state index in [1.54, 1.807) is 11.3 Å². The molecule has 3 aromatic rings. The summed E-state index contributed by atoms with van der Waals surface area (Å²) in [6, 6.07) is 12.4. The summed E-state index contributed by atoms with van der Waals surface area (Å²) in [7, 11) is 0. The van der Waals surface area contributed by atoms with Crippen LogP contribution in [-0.2, 0) is 26.9 Å². The molecule has 1 aromatic heterocycles. The van der Waals surface area contributed by atoms with Gasteiger partial charge in [-0.1, -0.05) is 24.3 Å². The van der Waals surface area contributed by atoms with Gasteiger partial charge >= 0.3 is 12.1 Å². The first kappa shape index (κ1) is 21.8. The number of amides is 1. The number of nitrogens with one attached hydrogen (secondary N) is 1. The fraction of sp³-hybridized carbons (Fsp3) is 0.286. The van der Waals surface area contributed by atoms with Crippen molar-refractivity contribution < 1.29 is 27.5 Å². The summed E-state index contributed by atoms with van der Waals surface area (Å²) in [5, 5.41) is 3.08. The number of esters is 1. The van der Waals surface area contributed by atoms with Crippen LogP contribution in [0.4, 0.5) is 18.9 Å². The van der Waals surface area contributed by atoms with E-state index in [1.165, 1.54) is 19.1 Å². The van der Waals surface area contributed by atoms with Crippen molar-refractivity contribution in [3.05, 3.63) is 59.1 Å². The predicted octanol–water partition coefficient (Wildman–Crippen LogP) is 5.21. The van der Waals surface area contributed by atoms with E-state index in [9.17, 15) is 22.8 Å². The first-order chi connectivity index (χ1) is 14.2. The van der Waals surface area contributed by atoms with Crippen LogP contribution in [0, 0.1) is 0 Å². The molecule has 0 saturated carbocycles. The number of fused-ring (bicyclic) bond motifs is 1. The molecule has 1 unspecified atom stereocenters. The van der Waals surface area contributed by atoms with Crippen LogP contribution in [0.1, 0.15) is 30.3 Å². The van der Waals surface area contributed by atoms with E-state index in [2.05, 4.69) is 10.3 Å². The quantitative estimate of drug-likeness (QED) is 0.517. The number of rotatable bonds is 7. The topological polar surface area (TPSA) is 68.3 Å². The number of hydrogen-bond acceptors (Lipinski definition) is 5. The second-order valence-electron chi connectivity index (χ2n) is 6.59. The highest BCUT2D eigenvalue weighted by atomic mass is 32.1. The fourth-order valence-electron chi connectivity index (χ4n) is 2.79. The number of aromatic nitrogens is 1. The Morgan fingerprint density at radius 1 is 1.13 bits per heavy atom. The monoisotopic (exact) mass is 436 g/mol. The number of anilines is 1. The molecule has 0 spiro atoms. The molecule has 3 rings (SSSR count). The number of nitrogens with zero attached hydrogens (tertiary/aromatic N) is 1. The smallest absolute Gasteiger partial charge is 0.418 e. The normalized spacial score (nSPS) is 12.5. The van der Waals surface area contributed by atoms with Gasteiger partial charge in [0.05, 0.1) is 26.5 Å². The summed E-state index contributed by atoms with van der Waals surface area (Å²) in [4.78, 5) is 28.6. The average molecular weight is 436 g/mol. The fourth-order valence-corrected chi connectivity index (χ4v) is 3.80. The third-order valence-corrected chi connectivity index (χ3v) is 5.37. The molecule has 0 bridgehead atoms. The Kier molecular flexibility index (Phi) is 6.71. The average Bonchev–Trinajstić information content (AvgIpc) is 3.10. The Morgan fingerprint density at radius 2 is 1.83 bits per heavy atom. The minimum atomic E-state index is -4.61. The third-order valence-electron chi connectivity index (χ3n) is 4.28. The summed E-state index contributed by atoms with van der Waals surface area (Å²) in [5.74, 6) is -1.42. The lowest BCUT2D eigenvalue weighted by atomic mass is 10.1. The van der Waals surface area contributed by atoms with Gasteiger partial charge in [-0.15, -0.1) is 11.3 Å². The number of thiazole rings is 1. The minimum Gasteiger partial charge on any atom is -0.453 e. The number of para-hydroxylation sites is 2. The molecule has 9 heteroatoms. The highest BCUT2D eigenvalue weighted by Crippen LogP contribution is 2.34. The highest BCUT2D eigenvalue weighted by Gasteiger charge is 2.34. The largest absolute Gasteiger partial charge is 0.453 e. The van der Waals surface area contributed by atoms with Crippen LogP contribution in [0.2, 0.25) is 0 Å². The van der Waals surface area contributed by atoms with Crippen molar-refractivity contribution >= 4 is 39.1 Å². The van der Waals surface area contributed by atoms with Crippen molar-refractivity contribution in [2.24, 2.45) is 0 Å². The van der Waals surface area contributed by atoms with Crippen molar-refractivity contribution in [3.63, 3.8) is 0 Å². The molecule has 0 aliphatic heterocycles. The molecule has 1 N–H and O–H groups in total. The van der Waals surface area contributed by atoms with E-state index in [0.717, 1.165) is 27.4 Å². The predicted molar refractivity (Wildman–Crippen MR) is 108 cm³/mol. The zero-order valence-corrected chi connectivity index (χ0v) is 16.8. The molecule has 0 aliphatic rings. The number of benzene rings is 2. The number of aryl methyl sites for hydroxylation is 1. The Morgan fingerprint density at radius 3 is 2.57 bits per heavy atom. The Hall–Kier alpha value is -2.94. The molecule has 0 aliphatic carbocycles. The van der Waals surface area contributed by atoms with E-state index in [-0.39, 0.29) is 12.1 Å². The van der Waals surface area contributed by atoms with Gasteiger partial charge in [-0.25, -0.2) is 4.98 Å². The number of carbonyl (C=O) groups excluding carboxylic acids is 2. The first-order valence-electron chi connectivity index (χ1n) is 9.25. The molecule has 158 valence electrons. The van der Waals surface area contributed by atoms with Gasteiger partial charge < -0.3 is 10.1 Å². The summed E-state index contributed by atoms with van der Waals surface area (Å²) in [6.07, 6.45) is -4.67. The maximum Gasteiger partial charge on any atom is 0.418 e. The van der Waals surface area contributed by atoms with Crippen LogP contribution < -0.4 is 5.32 Å². The SMILES string of the molecule is CC(OC(=O)CCCc1nc2ccccc2s1)C(=O)Nc1ccccc1C(F)(F)F. The molecular formula is C21H19F3N2O3S. The van der Waals surface area contributed by atoms with Crippen LogP contribution in [0.15, 0.2) is 48.5 Å². The van der Waals surface area contributed by atoms with Crippen LogP contribution in [0.5, 0.6) is 0 Å². The lowest BCUT2D eigenvalue weighted by Crippen LogP contribution is -2.30. The molecule has 0 radical (unpaired) electrons. The molecule has 0 fully saturated rings. The second kappa shape index (κ2) is 9.25. The van der Waals surface area contributed by atoms with Gasteiger partial charge in [0.2, 0.25) is 0 Å². The van der Waals surface area contributed by atoms with Gasteiger partial charge in [-0.2, -0.15) is 13.2 Å². The Balaban J connectivity index is 1.48. The Bertz CT molecular complexity index is 1020. The van der Waals surface area contributed by atoms with Crippen molar-refractivity contribution in [2.45, 2.75) is 38.5 Å². The van der Waals surface area contributed by atoms with Crippen LogP contribution in [0.25, 0.3) is 10.2 Å². The standard InChI is InChI=1S/C21H19F3N2O3S/c1-13(20(28)26-15-8-3-2-7-14(15)21(22,23)24)29-19(27)12-6-11-18-25-16-9-4-5-10-17(16)30-18/h2-5,7-10,13H,6,11-12H2,1H3,(H,26,28). The minimum absolute atomic E-state index is 0.0761. The molecular weight excluding hydrogens is 417 g/mol. The van der Waals surface area contributed by atoms with Gasteiger partial charge in [-0.05, 0) is 44.0 Å². The molecule has 0 saturated heterocycles. The molecule has 30 heavy (non-hydrogen) atoms. The summed E-state index contributed by atoms with van der Waals surface area (Å²) < 4.78 is 45.2. The summed E-state index contributed by atoms with van der Waals surface area (Å²) in [6.45, 7) is 1.32. The molecule has 1 atom stereocenters. The zero-order valence-electron chi connectivity index (χ0n) is 16.0. The highest BCUT2D eigenvalue weighted by molar-refractivity contribution is 7.18. The van der Waals surface area contributed by atoms with E-state index < -0.39 is 29.7 Å². The summed E-state index contributed by atoms with van der Waals surface area (Å²) >= 11 is 1.55. The first-order valence-corrected chi connectivity index (χ1v) is 10.1. The van der Waals surface area contributed by atoms with Crippen LogP contribution in [0.3, 0.4) is 0 Å². The maximum atomic E-state index is 13.0. The van der Waals surface area contributed by atoms with Crippen molar-refractivity contribution in [2.75, 3.05) is 5.32 Å². The van der Waals surface area contributed by atoms with Gasteiger partial charge in [0.1, 0.15) is 0 Å². The van der Waals surface area contributed by atoms with Crippen LogP contribution in [-0.4, -0.2) is 23.0 Å². The van der Waals surface area contributed by atoms with Gasteiger partial charge in [-0.3, -0.25) is 9.59 Å².